The number of benzene rings is 1. The molecule has 5 aliphatic rings. The summed E-state index contributed by atoms with van der Waals surface area (Å²) in [5.41, 5.74) is 1.70. The first-order valence-corrected chi connectivity index (χ1v) is 11.1. The van der Waals surface area contributed by atoms with E-state index in [1.807, 2.05) is 24.3 Å². The molecule has 1 aliphatic heterocycles. The van der Waals surface area contributed by atoms with Crippen LogP contribution in [-0.4, -0.2) is 44.7 Å². The molecule has 0 aromatic heterocycles. The maximum absolute atomic E-state index is 13.0. The number of carbonyl (C=O) groups is 2. The minimum atomic E-state index is -0.200. The summed E-state index contributed by atoms with van der Waals surface area (Å²) in [5, 5.41) is 5.85. The van der Waals surface area contributed by atoms with Gasteiger partial charge in [-0.3, -0.25) is 9.59 Å². The van der Waals surface area contributed by atoms with Crippen molar-refractivity contribution in [2.45, 2.75) is 38.5 Å². The third-order valence-corrected chi connectivity index (χ3v) is 7.46. The Morgan fingerprint density at radius 1 is 0.966 bits per heavy atom. The van der Waals surface area contributed by atoms with Gasteiger partial charge in [-0.2, -0.15) is 0 Å². The lowest BCUT2D eigenvalue weighted by atomic mass is 9.49. The second-order valence-corrected chi connectivity index (χ2v) is 9.58. The van der Waals surface area contributed by atoms with Gasteiger partial charge in [0.2, 0.25) is 11.8 Å². The summed E-state index contributed by atoms with van der Waals surface area (Å²) in [6.45, 7) is 3.33. The maximum atomic E-state index is 13.0. The fourth-order valence-corrected chi connectivity index (χ4v) is 6.52. The predicted octanol–water partition coefficient (Wildman–Crippen LogP) is 2.79. The standard InChI is InChI=1S/C23H31N3O3/c27-21(25-19-1-3-20(4-2-19)26-5-7-29-8-6-26)15-24-22(28)23-12-16-9-17(13-23)11-18(10-16)14-23/h1-4,16-18H,5-15H2,(H,24,28)(H,25,27). The van der Waals surface area contributed by atoms with Crippen LogP contribution in [0.15, 0.2) is 24.3 Å². The summed E-state index contributed by atoms with van der Waals surface area (Å²) in [6, 6.07) is 7.89. The van der Waals surface area contributed by atoms with E-state index in [9.17, 15) is 9.59 Å². The van der Waals surface area contributed by atoms with Gasteiger partial charge in [0.1, 0.15) is 0 Å². The molecule has 2 amide bonds. The van der Waals surface area contributed by atoms with Gasteiger partial charge in [0.05, 0.1) is 19.8 Å². The first-order valence-electron chi connectivity index (χ1n) is 11.1. The molecule has 1 aromatic rings. The van der Waals surface area contributed by atoms with Crippen molar-refractivity contribution in [3.8, 4) is 0 Å². The number of amides is 2. The van der Waals surface area contributed by atoms with E-state index in [1.54, 1.807) is 0 Å². The zero-order valence-electron chi connectivity index (χ0n) is 17.0. The summed E-state index contributed by atoms with van der Waals surface area (Å²) in [6.07, 6.45) is 7.01. The molecule has 156 valence electrons. The van der Waals surface area contributed by atoms with Crippen LogP contribution in [0.4, 0.5) is 11.4 Å². The normalized spacial score (nSPS) is 32.8. The molecule has 1 aromatic carbocycles. The number of carbonyl (C=O) groups excluding carboxylic acids is 2. The van der Waals surface area contributed by atoms with Crippen molar-refractivity contribution in [2.75, 3.05) is 43.1 Å². The topological polar surface area (TPSA) is 70.7 Å². The monoisotopic (exact) mass is 397 g/mol. The zero-order valence-corrected chi connectivity index (χ0v) is 17.0. The van der Waals surface area contributed by atoms with Crippen molar-refractivity contribution in [3.63, 3.8) is 0 Å². The minimum Gasteiger partial charge on any atom is -0.378 e. The lowest BCUT2D eigenvalue weighted by molar-refractivity contribution is -0.146. The first kappa shape index (κ1) is 18.9. The van der Waals surface area contributed by atoms with E-state index in [0.29, 0.717) is 0 Å². The van der Waals surface area contributed by atoms with Crippen molar-refractivity contribution >= 4 is 23.2 Å². The van der Waals surface area contributed by atoms with Crippen molar-refractivity contribution in [1.29, 1.82) is 0 Å². The van der Waals surface area contributed by atoms with Crippen molar-refractivity contribution < 1.29 is 14.3 Å². The number of anilines is 2. The van der Waals surface area contributed by atoms with Crippen LogP contribution in [0.25, 0.3) is 0 Å². The molecule has 4 aliphatic carbocycles. The summed E-state index contributed by atoms with van der Waals surface area (Å²) < 4.78 is 5.39. The van der Waals surface area contributed by atoms with Gasteiger partial charge >= 0.3 is 0 Å². The van der Waals surface area contributed by atoms with Gasteiger partial charge in [0, 0.05) is 29.9 Å². The summed E-state index contributed by atoms with van der Waals surface area (Å²) in [5.74, 6) is 2.12. The van der Waals surface area contributed by atoms with Gasteiger partial charge in [-0.05, 0) is 80.5 Å². The number of nitrogens with zero attached hydrogens (tertiary/aromatic N) is 1. The summed E-state index contributed by atoms with van der Waals surface area (Å²) in [7, 11) is 0. The van der Waals surface area contributed by atoms with E-state index in [2.05, 4.69) is 15.5 Å². The average Bonchev–Trinajstić information content (AvgIpc) is 2.72. The molecule has 2 N–H and O–H groups in total. The van der Waals surface area contributed by atoms with Crippen molar-refractivity contribution in [2.24, 2.45) is 23.2 Å². The van der Waals surface area contributed by atoms with E-state index in [0.717, 1.165) is 74.7 Å². The van der Waals surface area contributed by atoms with Gasteiger partial charge in [-0.25, -0.2) is 0 Å². The Bertz CT molecular complexity index is 735. The molecular weight excluding hydrogens is 366 g/mol. The van der Waals surface area contributed by atoms with Crippen LogP contribution < -0.4 is 15.5 Å². The van der Waals surface area contributed by atoms with Crippen LogP contribution in [0.5, 0.6) is 0 Å². The van der Waals surface area contributed by atoms with Crippen LogP contribution in [0, 0.1) is 23.2 Å². The molecule has 6 heteroatoms. The van der Waals surface area contributed by atoms with E-state index < -0.39 is 0 Å². The van der Waals surface area contributed by atoms with Gasteiger partial charge in [0.25, 0.3) is 0 Å². The highest BCUT2D eigenvalue weighted by Gasteiger charge is 2.54. The molecule has 1 saturated heterocycles. The highest BCUT2D eigenvalue weighted by Crippen LogP contribution is 2.60. The number of hydrogen-bond donors (Lipinski definition) is 2. The average molecular weight is 398 g/mol. The Hall–Kier alpha value is -2.08. The molecule has 0 radical (unpaired) electrons. The molecule has 6 rings (SSSR count). The molecule has 4 bridgehead atoms. The second-order valence-electron chi connectivity index (χ2n) is 9.58. The van der Waals surface area contributed by atoms with Crippen molar-refractivity contribution in [1.82, 2.24) is 5.32 Å². The molecule has 0 atom stereocenters. The van der Waals surface area contributed by atoms with Gasteiger partial charge in [-0.1, -0.05) is 0 Å². The third kappa shape index (κ3) is 3.87. The first-order chi connectivity index (χ1) is 14.1. The zero-order chi connectivity index (χ0) is 19.8. The maximum Gasteiger partial charge on any atom is 0.243 e. The number of nitrogens with one attached hydrogen (secondary N) is 2. The Morgan fingerprint density at radius 3 is 2.14 bits per heavy atom. The van der Waals surface area contributed by atoms with Gasteiger partial charge in [-0.15, -0.1) is 0 Å². The Morgan fingerprint density at radius 2 is 1.55 bits per heavy atom. The van der Waals surface area contributed by atoms with E-state index in [4.69, 9.17) is 4.74 Å². The van der Waals surface area contributed by atoms with E-state index in [-0.39, 0.29) is 23.8 Å². The number of rotatable bonds is 5. The molecule has 0 unspecified atom stereocenters. The van der Waals surface area contributed by atoms with E-state index in [1.165, 1.54) is 19.3 Å². The summed E-state index contributed by atoms with van der Waals surface area (Å²) in [4.78, 5) is 27.6. The Balaban J connectivity index is 1.13. The van der Waals surface area contributed by atoms with Crippen LogP contribution in [0.1, 0.15) is 38.5 Å². The number of morpholine rings is 1. The fraction of sp³-hybridized carbons (Fsp3) is 0.652. The molecule has 0 spiro atoms. The predicted molar refractivity (Wildman–Crippen MR) is 112 cm³/mol. The smallest absolute Gasteiger partial charge is 0.243 e. The van der Waals surface area contributed by atoms with Crippen molar-refractivity contribution in [3.05, 3.63) is 24.3 Å². The molecular formula is C23H31N3O3. The molecule has 4 saturated carbocycles. The SMILES string of the molecule is O=C(CNC(=O)C12CC3CC(CC(C3)C1)C2)Nc1ccc(N2CCOCC2)cc1. The third-order valence-electron chi connectivity index (χ3n) is 7.46. The number of ether oxygens (including phenoxy) is 1. The lowest BCUT2D eigenvalue weighted by Crippen LogP contribution is -2.54. The largest absolute Gasteiger partial charge is 0.378 e. The number of hydrogen-bond acceptors (Lipinski definition) is 4. The van der Waals surface area contributed by atoms with Crippen LogP contribution in [0.2, 0.25) is 0 Å². The fourth-order valence-electron chi connectivity index (χ4n) is 6.52. The highest BCUT2D eigenvalue weighted by atomic mass is 16.5. The molecule has 1 heterocycles. The molecule has 29 heavy (non-hydrogen) atoms. The lowest BCUT2D eigenvalue weighted by Gasteiger charge is -2.55. The van der Waals surface area contributed by atoms with Crippen LogP contribution >= 0.6 is 0 Å². The second kappa shape index (κ2) is 7.63. The Kier molecular flexibility index (Phi) is 4.98. The summed E-state index contributed by atoms with van der Waals surface area (Å²) >= 11 is 0. The minimum absolute atomic E-state index is 0.0474. The van der Waals surface area contributed by atoms with Gasteiger partial charge in [0.15, 0.2) is 0 Å². The molecule has 6 nitrogen and oxygen atoms in total. The van der Waals surface area contributed by atoms with Gasteiger partial charge < -0.3 is 20.3 Å². The highest BCUT2D eigenvalue weighted by molar-refractivity contribution is 5.95. The van der Waals surface area contributed by atoms with Crippen LogP contribution in [0.3, 0.4) is 0 Å². The quantitative estimate of drug-likeness (QED) is 0.802. The van der Waals surface area contributed by atoms with Crippen LogP contribution in [-0.2, 0) is 14.3 Å². The Labute approximate surface area is 172 Å². The van der Waals surface area contributed by atoms with E-state index >= 15 is 0 Å². The molecule has 5 fully saturated rings.